The quantitative estimate of drug-likeness (QED) is 0.751. The highest BCUT2D eigenvalue weighted by Gasteiger charge is 2.16. The monoisotopic (exact) mass is 232 g/mol. The van der Waals surface area contributed by atoms with E-state index in [2.05, 4.69) is 24.9 Å². The van der Waals surface area contributed by atoms with E-state index in [1.54, 1.807) is 11.8 Å². The van der Waals surface area contributed by atoms with Crippen molar-refractivity contribution in [2.45, 2.75) is 38.1 Å². The number of hydrogen-bond acceptors (Lipinski definition) is 3. The van der Waals surface area contributed by atoms with Crippen molar-refractivity contribution in [3.63, 3.8) is 0 Å². The van der Waals surface area contributed by atoms with E-state index >= 15 is 0 Å². The van der Waals surface area contributed by atoms with Gasteiger partial charge < -0.3 is 0 Å². The van der Waals surface area contributed by atoms with Crippen LogP contribution in [0.25, 0.3) is 0 Å². The molecule has 1 aromatic heterocycles. The number of nitrogens with zero attached hydrogens (tertiary/aromatic N) is 2. The van der Waals surface area contributed by atoms with Gasteiger partial charge in [0.1, 0.15) is 11.1 Å². The van der Waals surface area contributed by atoms with Crippen LogP contribution < -0.4 is 0 Å². The highest BCUT2D eigenvalue weighted by molar-refractivity contribution is 7.99. The molecule has 2 rings (SSSR count). The summed E-state index contributed by atoms with van der Waals surface area (Å²) in [5.41, 5.74) is 3.25. The zero-order valence-corrected chi connectivity index (χ0v) is 10.6. The largest absolute Gasteiger partial charge is 0.245 e. The Labute approximate surface area is 101 Å². The molecule has 0 fully saturated rings. The van der Waals surface area contributed by atoms with Crippen molar-refractivity contribution in [1.29, 1.82) is 5.26 Å². The Balaban J connectivity index is 2.26. The van der Waals surface area contributed by atoms with Crippen LogP contribution in [0.4, 0.5) is 0 Å². The molecule has 0 spiro atoms. The van der Waals surface area contributed by atoms with Crippen LogP contribution in [0, 0.1) is 17.2 Å². The maximum atomic E-state index is 9.11. The molecule has 0 unspecified atom stereocenters. The SMILES string of the molecule is CC(C)CSc1nc2c(cc1C#N)CCC2. The van der Waals surface area contributed by atoms with Gasteiger partial charge in [0.2, 0.25) is 0 Å². The summed E-state index contributed by atoms with van der Waals surface area (Å²) in [7, 11) is 0. The topological polar surface area (TPSA) is 36.7 Å². The molecule has 0 saturated heterocycles. The van der Waals surface area contributed by atoms with Gasteiger partial charge in [-0.05, 0) is 36.8 Å². The van der Waals surface area contributed by atoms with Crippen LogP contribution in [-0.2, 0) is 12.8 Å². The third kappa shape index (κ3) is 2.38. The first-order valence-electron chi connectivity index (χ1n) is 5.76. The number of hydrogen-bond donors (Lipinski definition) is 0. The lowest BCUT2D eigenvalue weighted by Gasteiger charge is -2.08. The van der Waals surface area contributed by atoms with E-state index in [1.165, 1.54) is 17.7 Å². The number of pyridine rings is 1. The Bertz CT molecular complexity index is 432. The van der Waals surface area contributed by atoms with Crippen molar-refractivity contribution in [3.8, 4) is 6.07 Å². The number of fused-ring (bicyclic) bond motifs is 1. The molecule has 0 aromatic carbocycles. The molecular formula is C13H16N2S. The number of rotatable bonds is 3. The van der Waals surface area contributed by atoms with Gasteiger partial charge in [-0.3, -0.25) is 0 Å². The van der Waals surface area contributed by atoms with Crippen LogP contribution in [0.5, 0.6) is 0 Å². The normalized spacial score (nSPS) is 13.9. The van der Waals surface area contributed by atoms with E-state index in [0.717, 1.165) is 29.2 Å². The van der Waals surface area contributed by atoms with E-state index in [9.17, 15) is 0 Å². The summed E-state index contributed by atoms with van der Waals surface area (Å²) >= 11 is 1.71. The van der Waals surface area contributed by atoms with Gasteiger partial charge in [0, 0.05) is 11.4 Å². The van der Waals surface area contributed by atoms with Crippen LogP contribution in [0.15, 0.2) is 11.1 Å². The number of aryl methyl sites for hydroxylation is 2. The van der Waals surface area contributed by atoms with Gasteiger partial charge in [0.15, 0.2) is 0 Å². The van der Waals surface area contributed by atoms with Crippen molar-refractivity contribution in [2.75, 3.05) is 5.75 Å². The molecule has 1 aliphatic carbocycles. The van der Waals surface area contributed by atoms with Gasteiger partial charge in [-0.15, -0.1) is 11.8 Å². The summed E-state index contributed by atoms with van der Waals surface area (Å²) in [6.45, 7) is 4.37. The van der Waals surface area contributed by atoms with Crippen molar-refractivity contribution in [1.82, 2.24) is 4.98 Å². The first-order chi connectivity index (χ1) is 7.70. The van der Waals surface area contributed by atoms with Crippen LogP contribution in [-0.4, -0.2) is 10.7 Å². The maximum Gasteiger partial charge on any atom is 0.114 e. The second-order valence-corrected chi connectivity index (χ2v) is 5.63. The fraction of sp³-hybridized carbons (Fsp3) is 0.538. The molecule has 0 atom stereocenters. The van der Waals surface area contributed by atoms with Crippen molar-refractivity contribution in [2.24, 2.45) is 5.92 Å². The molecule has 16 heavy (non-hydrogen) atoms. The Morgan fingerprint density at radius 3 is 3.00 bits per heavy atom. The van der Waals surface area contributed by atoms with E-state index in [-0.39, 0.29) is 0 Å². The zero-order valence-electron chi connectivity index (χ0n) is 9.79. The lowest BCUT2D eigenvalue weighted by Crippen LogP contribution is -1.97. The van der Waals surface area contributed by atoms with Crippen LogP contribution >= 0.6 is 11.8 Å². The zero-order chi connectivity index (χ0) is 11.5. The molecule has 0 amide bonds. The highest BCUT2D eigenvalue weighted by Crippen LogP contribution is 2.28. The van der Waals surface area contributed by atoms with E-state index < -0.39 is 0 Å². The molecule has 0 saturated carbocycles. The summed E-state index contributed by atoms with van der Waals surface area (Å²) < 4.78 is 0. The van der Waals surface area contributed by atoms with Gasteiger partial charge in [-0.2, -0.15) is 5.26 Å². The fourth-order valence-electron chi connectivity index (χ4n) is 1.89. The Morgan fingerprint density at radius 1 is 1.50 bits per heavy atom. The maximum absolute atomic E-state index is 9.11. The standard InChI is InChI=1S/C13H16N2S/c1-9(2)8-16-13-11(7-14)6-10-4-3-5-12(10)15-13/h6,9H,3-5,8H2,1-2H3. The van der Waals surface area contributed by atoms with E-state index in [4.69, 9.17) is 5.26 Å². The Morgan fingerprint density at radius 2 is 2.31 bits per heavy atom. The first-order valence-corrected chi connectivity index (χ1v) is 6.75. The van der Waals surface area contributed by atoms with Gasteiger partial charge in [-0.25, -0.2) is 4.98 Å². The number of aromatic nitrogens is 1. The predicted molar refractivity (Wildman–Crippen MR) is 66.5 cm³/mol. The second-order valence-electron chi connectivity index (χ2n) is 4.62. The lowest BCUT2D eigenvalue weighted by molar-refractivity contribution is 0.749. The van der Waals surface area contributed by atoms with E-state index in [1.807, 2.05) is 6.07 Å². The average molecular weight is 232 g/mol. The van der Waals surface area contributed by atoms with Gasteiger partial charge in [-0.1, -0.05) is 13.8 Å². The summed E-state index contributed by atoms with van der Waals surface area (Å²) in [5, 5.41) is 10.0. The van der Waals surface area contributed by atoms with Gasteiger partial charge in [0.05, 0.1) is 5.56 Å². The molecule has 0 aliphatic heterocycles. The number of thioether (sulfide) groups is 1. The molecule has 2 nitrogen and oxygen atoms in total. The molecule has 1 aromatic rings. The third-order valence-electron chi connectivity index (χ3n) is 2.69. The summed E-state index contributed by atoms with van der Waals surface area (Å²) in [4.78, 5) is 4.64. The molecule has 1 aliphatic rings. The van der Waals surface area contributed by atoms with Crippen LogP contribution in [0.1, 0.15) is 37.1 Å². The average Bonchev–Trinajstić information content (AvgIpc) is 2.71. The minimum atomic E-state index is 0.631. The molecule has 1 heterocycles. The van der Waals surface area contributed by atoms with E-state index in [0.29, 0.717) is 5.92 Å². The summed E-state index contributed by atoms with van der Waals surface area (Å²) in [6.07, 6.45) is 3.36. The lowest BCUT2D eigenvalue weighted by atomic mass is 10.2. The van der Waals surface area contributed by atoms with Crippen molar-refractivity contribution < 1.29 is 0 Å². The molecule has 84 valence electrons. The Kier molecular flexibility index (Phi) is 3.50. The Hall–Kier alpha value is -1.01. The third-order valence-corrected chi connectivity index (χ3v) is 4.11. The van der Waals surface area contributed by atoms with Crippen LogP contribution in [0.3, 0.4) is 0 Å². The highest BCUT2D eigenvalue weighted by atomic mass is 32.2. The molecule has 0 N–H and O–H groups in total. The minimum Gasteiger partial charge on any atom is -0.245 e. The van der Waals surface area contributed by atoms with Gasteiger partial charge >= 0.3 is 0 Å². The second kappa shape index (κ2) is 4.88. The van der Waals surface area contributed by atoms with Crippen molar-refractivity contribution in [3.05, 3.63) is 22.9 Å². The minimum absolute atomic E-state index is 0.631. The molecule has 0 radical (unpaired) electrons. The smallest absolute Gasteiger partial charge is 0.114 e. The summed E-state index contributed by atoms with van der Waals surface area (Å²) in [5.74, 6) is 1.66. The summed E-state index contributed by atoms with van der Waals surface area (Å²) in [6, 6.07) is 4.31. The predicted octanol–water partition coefficient (Wildman–Crippen LogP) is 3.19. The number of nitriles is 1. The van der Waals surface area contributed by atoms with Gasteiger partial charge in [0.25, 0.3) is 0 Å². The first kappa shape index (κ1) is 11.5. The molecular weight excluding hydrogens is 216 g/mol. The fourth-order valence-corrected chi connectivity index (χ4v) is 2.81. The van der Waals surface area contributed by atoms with Crippen molar-refractivity contribution >= 4 is 11.8 Å². The van der Waals surface area contributed by atoms with Crippen LogP contribution in [0.2, 0.25) is 0 Å². The molecule has 0 bridgehead atoms. The molecule has 3 heteroatoms.